The average Bonchev–Trinajstić information content (AvgIpc) is 2.60. The third-order valence-electron chi connectivity index (χ3n) is 2.12. The van der Waals surface area contributed by atoms with Gasteiger partial charge < -0.3 is 9.79 Å². The van der Waals surface area contributed by atoms with Crippen LogP contribution in [0.3, 0.4) is 0 Å². The Bertz CT molecular complexity index is 613. The van der Waals surface area contributed by atoms with Gasteiger partial charge in [0, 0.05) is 0 Å². The second-order valence-corrected chi connectivity index (χ2v) is 4.93. The summed E-state index contributed by atoms with van der Waals surface area (Å²) in [5, 5.41) is 2.26. The SMILES string of the molecule is O=c1nc(P(=O)(O)O)n(Cc2ccccc2)[nH]1. The zero-order valence-electron chi connectivity index (χ0n) is 8.65. The topological polar surface area (TPSA) is 108 Å². The normalized spacial score (nSPS) is 11.6. The summed E-state index contributed by atoms with van der Waals surface area (Å²) in [6.45, 7) is 0.149. The van der Waals surface area contributed by atoms with Crippen LogP contribution < -0.4 is 11.3 Å². The van der Waals surface area contributed by atoms with Crippen molar-refractivity contribution in [3.8, 4) is 0 Å². The van der Waals surface area contributed by atoms with Crippen LogP contribution in [0.15, 0.2) is 35.1 Å². The predicted octanol–water partition coefficient (Wildman–Crippen LogP) is -0.577. The van der Waals surface area contributed by atoms with E-state index in [1.54, 1.807) is 24.3 Å². The molecule has 0 aliphatic heterocycles. The third-order valence-corrected chi connectivity index (χ3v) is 2.98. The minimum Gasteiger partial charge on any atom is -0.319 e. The highest BCUT2D eigenvalue weighted by Gasteiger charge is 2.25. The number of aromatic amines is 1. The average molecular weight is 255 g/mol. The van der Waals surface area contributed by atoms with Crippen molar-refractivity contribution in [3.63, 3.8) is 0 Å². The quantitative estimate of drug-likeness (QED) is 0.636. The summed E-state index contributed by atoms with van der Waals surface area (Å²) in [5.41, 5.74) is -0.526. The molecule has 17 heavy (non-hydrogen) atoms. The molecule has 0 spiro atoms. The Morgan fingerprint density at radius 3 is 2.53 bits per heavy atom. The molecule has 90 valence electrons. The molecule has 0 unspecified atom stereocenters. The lowest BCUT2D eigenvalue weighted by Crippen LogP contribution is -2.21. The first-order valence-electron chi connectivity index (χ1n) is 4.74. The van der Waals surface area contributed by atoms with Crippen LogP contribution in [0.25, 0.3) is 0 Å². The molecular weight excluding hydrogens is 245 g/mol. The van der Waals surface area contributed by atoms with E-state index in [0.717, 1.165) is 10.2 Å². The van der Waals surface area contributed by atoms with Crippen LogP contribution in [0, 0.1) is 0 Å². The Kier molecular flexibility index (Phi) is 2.97. The van der Waals surface area contributed by atoms with E-state index in [0.29, 0.717) is 0 Å². The second-order valence-electron chi connectivity index (χ2n) is 3.44. The number of benzene rings is 1. The van der Waals surface area contributed by atoms with Gasteiger partial charge >= 0.3 is 13.3 Å². The van der Waals surface area contributed by atoms with Crippen molar-refractivity contribution in [1.29, 1.82) is 0 Å². The van der Waals surface area contributed by atoms with Gasteiger partial charge in [0.25, 0.3) is 0 Å². The van der Waals surface area contributed by atoms with E-state index >= 15 is 0 Å². The lowest BCUT2D eigenvalue weighted by atomic mass is 10.2. The first-order valence-corrected chi connectivity index (χ1v) is 6.35. The number of H-pyrrole nitrogens is 1. The fourth-order valence-corrected chi connectivity index (χ4v) is 2.10. The fourth-order valence-electron chi connectivity index (χ4n) is 1.44. The van der Waals surface area contributed by atoms with Gasteiger partial charge in [-0.3, -0.25) is 9.25 Å². The second kappa shape index (κ2) is 4.29. The van der Waals surface area contributed by atoms with Gasteiger partial charge in [0.15, 0.2) is 0 Å². The zero-order valence-corrected chi connectivity index (χ0v) is 9.54. The minimum atomic E-state index is -4.55. The maximum Gasteiger partial charge on any atom is 0.393 e. The summed E-state index contributed by atoms with van der Waals surface area (Å²) < 4.78 is 12.2. The number of hydrogen-bond donors (Lipinski definition) is 3. The first-order chi connectivity index (χ1) is 7.97. The van der Waals surface area contributed by atoms with E-state index in [4.69, 9.17) is 9.79 Å². The molecule has 3 N–H and O–H groups in total. The van der Waals surface area contributed by atoms with Crippen molar-refractivity contribution < 1.29 is 14.4 Å². The van der Waals surface area contributed by atoms with Gasteiger partial charge in [-0.25, -0.2) is 9.89 Å². The standard InChI is InChI=1S/C9H10N3O4P/c13-8-10-9(17(14,15)16)12(11-8)6-7-4-2-1-3-5-7/h1-5H,6H2,(H,11,13)(H2,14,15,16). The first kappa shape index (κ1) is 11.8. The van der Waals surface area contributed by atoms with Crippen LogP contribution in [0.2, 0.25) is 0 Å². The molecule has 1 heterocycles. The van der Waals surface area contributed by atoms with Gasteiger partial charge in [-0.2, -0.15) is 4.98 Å². The van der Waals surface area contributed by atoms with Crippen molar-refractivity contribution in [2.75, 3.05) is 0 Å². The molecule has 0 amide bonds. The monoisotopic (exact) mass is 255 g/mol. The van der Waals surface area contributed by atoms with Gasteiger partial charge in [-0.05, 0) is 5.56 Å². The van der Waals surface area contributed by atoms with E-state index in [1.807, 2.05) is 6.07 Å². The zero-order chi connectivity index (χ0) is 12.5. The number of rotatable bonds is 3. The molecule has 2 rings (SSSR count). The van der Waals surface area contributed by atoms with Gasteiger partial charge in [0.05, 0.1) is 6.54 Å². The molecule has 7 nitrogen and oxygen atoms in total. The van der Waals surface area contributed by atoms with E-state index in [2.05, 4.69) is 10.1 Å². The van der Waals surface area contributed by atoms with Crippen molar-refractivity contribution >= 4 is 13.2 Å². The molecule has 2 aromatic rings. The molecule has 1 aromatic carbocycles. The number of nitrogens with zero attached hydrogens (tertiary/aromatic N) is 2. The molecule has 1 aromatic heterocycles. The highest BCUT2D eigenvalue weighted by molar-refractivity contribution is 7.59. The summed E-state index contributed by atoms with van der Waals surface area (Å²) in [7, 11) is -4.55. The van der Waals surface area contributed by atoms with Gasteiger partial charge in [0.1, 0.15) is 0 Å². The van der Waals surface area contributed by atoms with Crippen LogP contribution in [-0.2, 0) is 11.1 Å². The lowest BCUT2D eigenvalue weighted by molar-refractivity contribution is 0.382. The Morgan fingerprint density at radius 1 is 1.29 bits per heavy atom. The summed E-state index contributed by atoms with van der Waals surface area (Å²) in [6.07, 6.45) is 0. The molecule has 0 aliphatic rings. The highest BCUT2D eigenvalue weighted by atomic mass is 31.2. The Labute approximate surface area is 95.9 Å². The van der Waals surface area contributed by atoms with Crippen LogP contribution >= 0.6 is 7.60 Å². The molecular formula is C9H10N3O4P. The number of nitrogens with one attached hydrogen (secondary N) is 1. The number of aromatic nitrogens is 3. The van der Waals surface area contributed by atoms with Crippen molar-refractivity contribution in [2.24, 2.45) is 0 Å². The maximum absolute atomic E-state index is 11.1. The van der Waals surface area contributed by atoms with Crippen LogP contribution in [0.1, 0.15) is 5.56 Å². The third kappa shape index (κ3) is 2.71. The van der Waals surface area contributed by atoms with Crippen LogP contribution in [0.5, 0.6) is 0 Å². The summed E-state index contributed by atoms with van der Waals surface area (Å²) >= 11 is 0. The summed E-state index contributed by atoms with van der Waals surface area (Å²) in [5.74, 6) is 0. The number of hydrogen-bond acceptors (Lipinski definition) is 3. The largest absolute Gasteiger partial charge is 0.393 e. The van der Waals surface area contributed by atoms with Crippen molar-refractivity contribution in [2.45, 2.75) is 6.54 Å². The van der Waals surface area contributed by atoms with E-state index in [-0.39, 0.29) is 6.54 Å². The highest BCUT2D eigenvalue weighted by Crippen LogP contribution is 2.31. The van der Waals surface area contributed by atoms with Crippen LogP contribution in [0.4, 0.5) is 0 Å². The van der Waals surface area contributed by atoms with Gasteiger partial charge in [-0.15, -0.1) is 0 Å². The molecule has 0 bridgehead atoms. The molecule has 0 fully saturated rings. The Morgan fingerprint density at radius 2 is 1.94 bits per heavy atom. The Hall–Kier alpha value is -1.69. The van der Waals surface area contributed by atoms with Crippen LogP contribution in [-0.4, -0.2) is 24.6 Å². The lowest BCUT2D eigenvalue weighted by Gasteiger charge is -2.07. The van der Waals surface area contributed by atoms with E-state index in [9.17, 15) is 9.36 Å². The summed E-state index contributed by atoms with van der Waals surface area (Å²) in [4.78, 5) is 32.3. The van der Waals surface area contributed by atoms with Crippen molar-refractivity contribution in [3.05, 3.63) is 46.4 Å². The van der Waals surface area contributed by atoms with Gasteiger partial charge in [0.2, 0.25) is 5.57 Å². The van der Waals surface area contributed by atoms with E-state index < -0.39 is 18.9 Å². The smallest absolute Gasteiger partial charge is 0.319 e. The predicted molar refractivity (Wildman–Crippen MR) is 60.1 cm³/mol. The Balaban J connectivity index is 2.40. The van der Waals surface area contributed by atoms with Crippen molar-refractivity contribution in [1.82, 2.24) is 14.8 Å². The van der Waals surface area contributed by atoms with Gasteiger partial charge in [-0.1, -0.05) is 30.3 Å². The molecule has 0 saturated heterocycles. The fraction of sp³-hybridized carbons (Fsp3) is 0.111. The molecule has 0 aliphatic carbocycles. The molecule has 0 atom stereocenters. The minimum absolute atomic E-state index is 0.149. The summed E-state index contributed by atoms with van der Waals surface area (Å²) in [6, 6.07) is 8.97. The molecule has 0 saturated carbocycles. The molecule has 8 heteroatoms. The molecule has 0 radical (unpaired) electrons. The van der Waals surface area contributed by atoms with E-state index in [1.165, 1.54) is 0 Å². The maximum atomic E-state index is 11.1.